The summed E-state index contributed by atoms with van der Waals surface area (Å²) in [6.45, 7) is 2.14. The third kappa shape index (κ3) is 8.60. The second kappa shape index (κ2) is 10.6. The maximum atomic E-state index is 11.4. The summed E-state index contributed by atoms with van der Waals surface area (Å²) in [6.07, 6.45) is 10.7. The first-order valence-corrected chi connectivity index (χ1v) is 7.17. The SMILES string of the molecule is C[n+]1ccn(CCOC(=O)NCCCCCCN=C=O)c1. The van der Waals surface area contributed by atoms with Gasteiger partial charge < -0.3 is 10.1 Å². The first-order chi connectivity index (χ1) is 10.2. The highest BCUT2D eigenvalue weighted by molar-refractivity contribution is 5.66. The van der Waals surface area contributed by atoms with E-state index in [0.29, 0.717) is 26.2 Å². The summed E-state index contributed by atoms with van der Waals surface area (Å²) in [6, 6.07) is 0. The molecule has 0 unspecified atom stereocenters. The van der Waals surface area contributed by atoms with Crippen molar-refractivity contribution in [2.24, 2.45) is 12.0 Å². The number of carbonyl (C=O) groups is 1. The lowest BCUT2D eigenvalue weighted by atomic mass is 10.2. The average Bonchev–Trinajstić information content (AvgIpc) is 2.87. The van der Waals surface area contributed by atoms with Gasteiger partial charge in [-0.2, -0.15) is 0 Å². The molecule has 0 spiro atoms. The van der Waals surface area contributed by atoms with Crippen LogP contribution in [-0.2, 0) is 23.1 Å². The van der Waals surface area contributed by atoms with Crippen molar-refractivity contribution < 1.29 is 18.9 Å². The smallest absolute Gasteiger partial charge is 0.407 e. The van der Waals surface area contributed by atoms with Crippen molar-refractivity contribution in [2.45, 2.75) is 32.2 Å². The molecule has 0 saturated heterocycles. The minimum atomic E-state index is -0.378. The molecule has 1 heterocycles. The minimum Gasteiger partial charge on any atom is -0.445 e. The Balaban J connectivity index is 1.93. The molecule has 0 atom stereocenters. The molecule has 0 aliphatic heterocycles. The standard InChI is InChI=1S/C14H22N4O3/c1-17-8-9-18(13-17)10-11-21-14(20)16-7-5-3-2-4-6-15-12-19/h8-9,13H,2-7,10-11H2,1H3/p+1. The van der Waals surface area contributed by atoms with Crippen molar-refractivity contribution in [3.05, 3.63) is 18.7 Å². The van der Waals surface area contributed by atoms with Gasteiger partial charge in [-0.25, -0.2) is 23.7 Å². The van der Waals surface area contributed by atoms with E-state index in [9.17, 15) is 9.59 Å². The quantitative estimate of drug-likeness (QED) is 0.302. The van der Waals surface area contributed by atoms with Gasteiger partial charge in [0.15, 0.2) is 0 Å². The number of aliphatic imine (C=N–C) groups is 1. The van der Waals surface area contributed by atoms with E-state index >= 15 is 0 Å². The number of isocyanates is 1. The summed E-state index contributed by atoms with van der Waals surface area (Å²) in [5.74, 6) is 0. The van der Waals surface area contributed by atoms with Crippen LogP contribution in [-0.4, -0.2) is 36.4 Å². The highest BCUT2D eigenvalue weighted by Gasteiger charge is 2.03. The van der Waals surface area contributed by atoms with Crippen LogP contribution < -0.4 is 9.88 Å². The highest BCUT2D eigenvalue weighted by Crippen LogP contribution is 1.98. The lowest BCUT2D eigenvalue weighted by Crippen LogP contribution is -2.27. The molecule has 0 bridgehead atoms. The fourth-order valence-electron chi connectivity index (χ4n) is 1.83. The zero-order valence-electron chi connectivity index (χ0n) is 12.5. The van der Waals surface area contributed by atoms with E-state index in [2.05, 4.69) is 10.3 Å². The number of nitrogens with one attached hydrogen (secondary N) is 1. The van der Waals surface area contributed by atoms with Crippen LogP contribution in [0.5, 0.6) is 0 Å². The topological polar surface area (TPSA) is 76.6 Å². The number of aromatic nitrogens is 2. The number of amides is 1. The number of unbranched alkanes of at least 4 members (excludes halogenated alkanes) is 3. The maximum absolute atomic E-state index is 11.4. The van der Waals surface area contributed by atoms with Gasteiger partial charge in [0.05, 0.1) is 13.6 Å². The number of imidazole rings is 1. The van der Waals surface area contributed by atoms with E-state index in [1.807, 2.05) is 34.9 Å². The van der Waals surface area contributed by atoms with Gasteiger partial charge in [0, 0.05) is 6.54 Å². The largest absolute Gasteiger partial charge is 0.445 e. The molecular formula is C14H23N4O3+. The summed E-state index contributed by atoms with van der Waals surface area (Å²) < 4.78 is 8.96. The van der Waals surface area contributed by atoms with Gasteiger partial charge >= 0.3 is 6.09 Å². The van der Waals surface area contributed by atoms with Crippen LogP contribution in [0.4, 0.5) is 4.79 Å². The normalized spacial score (nSPS) is 9.95. The highest BCUT2D eigenvalue weighted by atomic mass is 16.5. The molecule has 7 nitrogen and oxygen atoms in total. The molecular weight excluding hydrogens is 272 g/mol. The van der Waals surface area contributed by atoms with Gasteiger partial charge in [-0.3, -0.25) is 0 Å². The zero-order chi connectivity index (χ0) is 15.3. The van der Waals surface area contributed by atoms with Crippen LogP contribution in [0.1, 0.15) is 25.7 Å². The Bertz CT molecular complexity index is 467. The third-order valence-electron chi connectivity index (χ3n) is 2.94. The van der Waals surface area contributed by atoms with Crippen LogP contribution >= 0.6 is 0 Å². The predicted octanol–water partition coefficient (Wildman–Crippen LogP) is 0.935. The molecule has 0 fully saturated rings. The lowest BCUT2D eigenvalue weighted by Gasteiger charge is -2.05. The summed E-state index contributed by atoms with van der Waals surface area (Å²) >= 11 is 0. The summed E-state index contributed by atoms with van der Waals surface area (Å²) in [4.78, 5) is 24.7. The Morgan fingerprint density at radius 2 is 2.19 bits per heavy atom. The Hall–Kier alpha value is -2.14. The number of hydrogen-bond acceptors (Lipinski definition) is 4. The van der Waals surface area contributed by atoms with E-state index in [0.717, 1.165) is 25.7 Å². The molecule has 0 saturated carbocycles. The average molecular weight is 295 g/mol. The molecule has 116 valence electrons. The van der Waals surface area contributed by atoms with Gasteiger partial charge in [-0.05, 0) is 12.8 Å². The number of rotatable bonds is 10. The van der Waals surface area contributed by atoms with Crippen molar-refractivity contribution in [1.82, 2.24) is 9.88 Å². The van der Waals surface area contributed by atoms with E-state index < -0.39 is 0 Å². The number of aryl methyl sites for hydroxylation is 1. The van der Waals surface area contributed by atoms with Gasteiger partial charge in [-0.1, -0.05) is 12.8 Å². The number of hydrogen-bond donors (Lipinski definition) is 1. The Kier molecular flexibility index (Phi) is 8.56. The Labute approximate surface area is 124 Å². The molecule has 0 aliphatic rings. The Morgan fingerprint density at radius 3 is 2.90 bits per heavy atom. The van der Waals surface area contributed by atoms with Crippen LogP contribution in [0.2, 0.25) is 0 Å². The molecule has 0 radical (unpaired) electrons. The second-order valence-corrected chi connectivity index (χ2v) is 4.77. The van der Waals surface area contributed by atoms with Crippen molar-refractivity contribution in [1.29, 1.82) is 0 Å². The van der Waals surface area contributed by atoms with Crippen molar-refractivity contribution in [3.63, 3.8) is 0 Å². The van der Waals surface area contributed by atoms with Crippen molar-refractivity contribution in [3.8, 4) is 0 Å². The number of alkyl carbamates (subject to hydrolysis) is 1. The maximum Gasteiger partial charge on any atom is 0.407 e. The molecule has 7 heteroatoms. The molecule has 1 aromatic heterocycles. The van der Waals surface area contributed by atoms with Crippen LogP contribution in [0.15, 0.2) is 23.7 Å². The van der Waals surface area contributed by atoms with Gasteiger partial charge in [0.25, 0.3) is 0 Å². The lowest BCUT2D eigenvalue weighted by molar-refractivity contribution is -0.671. The minimum absolute atomic E-state index is 0.351. The molecule has 0 aromatic carbocycles. The fraction of sp³-hybridized carbons (Fsp3) is 0.643. The van der Waals surface area contributed by atoms with Crippen LogP contribution in [0, 0.1) is 0 Å². The molecule has 21 heavy (non-hydrogen) atoms. The first-order valence-electron chi connectivity index (χ1n) is 7.17. The summed E-state index contributed by atoms with van der Waals surface area (Å²) in [5, 5.41) is 2.71. The van der Waals surface area contributed by atoms with Crippen LogP contribution in [0.3, 0.4) is 0 Å². The number of carbonyl (C=O) groups excluding carboxylic acids is 2. The first kappa shape index (κ1) is 16.9. The number of nitrogens with zero attached hydrogens (tertiary/aromatic N) is 3. The summed E-state index contributed by atoms with van der Waals surface area (Å²) in [7, 11) is 1.94. The molecule has 1 N–H and O–H groups in total. The van der Waals surface area contributed by atoms with E-state index in [4.69, 9.17) is 4.74 Å². The van der Waals surface area contributed by atoms with Crippen molar-refractivity contribution >= 4 is 12.2 Å². The number of ether oxygens (including phenoxy) is 1. The third-order valence-corrected chi connectivity index (χ3v) is 2.94. The zero-order valence-corrected chi connectivity index (χ0v) is 12.5. The molecule has 1 aromatic rings. The van der Waals surface area contributed by atoms with E-state index in [1.54, 1.807) is 0 Å². The van der Waals surface area contributed by atoms with Crippen LogP contribution in [0.25, 0.3) is 0 Å². The molecule has 1 amide bonds. The summed E-state index contributed by atoms with van der Waals surface area (Å²) in [5.41, 5.74) is 0. The Morgan fingerprint density at radius 1 is 1.38 bits per heavy atom. The van der Waals surface area contributed by atoms with Gasteiger partial charge in [0.1, 0.15) is 25.5 Å². The van der Waals surface area contributed by atoms with Gasteiger partial charge in [0.2, 0.25) is 12.4 Å². The molecule has 0 aliphatic carbocycles. The molecule has 1 rings (SSSR count). The van der Waals surface area contributed by atoms with E-state index in [1.165, 1.54) is 6.08 Å². The predicted molar refractivity (Wildman–Crippen MR) is 76.4 cm³/mol. The monoisotopic (exact) mass is 295 g/mol. The second-order valence-electron chi connectivity index (χ2n) is 4.77. The fourth-order valence-corrected chi connectivity index (χ4v) is 1.83. The van der Waals surface area contributed by atoms with E-state index in [-0.39, 0.29) is 6.09 Å². The van der Waals surface area contributed by atoms with Crippen molar-refractivity contribution in [2.75, 3.05) is 19.7 Å². The van der Waals surface area contributed by atoms with Gasteiger partial charge in [-0.15, -0.1) is 0 Å².